The molecular weight excluding hydrogens is 174 g/mol. The summed E-state index contributed by atoms with van der Waals surface area (Å²) < 4.78 is 0. The molecule has 14 heavy (non-hydrogen) atoms. The average molecular weight is 191 g/mol. The highest BCUT2D eigenvalue weighted by Crippen LogP contribution is 2.17. The van der Waals surface area contributed by atoms with Gasteiger partial charge in [0.15, 0.2) is 0 Å². The van der Waals surface area contributed by atoms with E-state index in [0.717, 1.165) is 6.42 Å². The first-order chi connectivity index (χ1) is 6.77. The van der Waals surface area contributed by atoms with Gasteiger partial charge in [0, 0.05) is 6.04 Å². The lowest BCUT2D eigenvalue weighted by Crippen LogP contribution is -2.21. The standard InChI is InChI=1S/C12H17NO/c1-2-10(8-12(13)9-14)11-6-4-3-5-7-11/h3-8,12,14H,2,9,13H2,1H3/b10-8+/t12-/m0/s1. The van der Waals surface area contributed by atoms with Crippen LogP contribution in [0.4, 0.5) is 0 Å². The maximum Gasteiger partial charge on any atom is 0.0618 e. The molecule has 2 heteroatoms. The van der Waals surface area contributed by atoms with Crippen LogP contribution in [-0.2, 0) is 0 Å². The van der Waals surface area contributed by atoms with Crippen molar-refractivity contribution in [3.63, 3.8) is 0 Å². The van der Waals surface area contributed by atoms with Gasteiger partial charge in [-0.25, -0.2) is 0 Å². The summed E-state index contributed by atoms with van der Waals surface area (Å²) in [6.07, 6.45) is 2.85. The van der Waals surface area contributed by atoms with Crippen LogP contribution in [0.2, 0.25) is 0 Å². The van der Waals surface area contributed by atoms with Gasteiger partial charge in [-0.1, -0.05) is 43.3 Å². The van der Waals surface area contributed by atoms with Gasteiger partial charge in [-0.3, -0.25) is 0 Å². The number of nitrogens with two attached hydrogens (primary N) is 1. The molecule has 1 aromatic carbocycles. The van der Waals surface area contributed by atoms with E-state index in [1.54, 1.807) is 0 Å². The fraction of sp³-hybridized carbons (Fsp3) is 0.333. The maximum atomic E-state index is 8.86. The Labute approximate surface area is 85.1 Å². The van der Waals surface area contributed by atoms with Crippen molar-refractivity contribution in [2.24, 2.45) is 5.73 Å². The lowest BCUT2D eigenvalue weighted by Gasteiger charge is -2.08. The van der Waals surface area contributed by atoms with Gasteiger partial charge in [0.2, 0.25) is 0 Å². The van der Waals surface area contributed by atoms with E-state index in [0.29, 0.717) is 0 Å². The average Bonchev–Trinajstić information content (AvgIpc) is 2.26. The Kier molecular flexibility index (Phi) is 4.36. The van der Waals surface area contributed by atoms with Crippen molar-refractivity contribution in [3.8, 4) is 0 Å². The molecular formula is C12H17NO. The molecule has 0 saturated carbocycles. The van der Waals surface area contributed by atoms with Crippen molar-refractivity contribution in [1.82, 2.24) is 0 Å². The summed E-state index contributed by atoms with van der Waals surface area (Å²) >= 11 is 0. The van der Waals surface area contributed by atoms with E-state index in [4.69, 9.17) is 10.8 Å². The van der Waals surface area contributed by atoms with Gasteiger partial charge in [0.05, 0.1) is 6.61 Å². The first-order valence-corrected chi connectivity index (χ1v) is 4.90. The van der Waals surface area contributed by atoms with Crippen molar-refractivity contribution >= 4 is 5.57 Å². The molecule has 0 saturated heterocycles. The molecule has 0 aromatic heterocycles. The third-order valence-corrected chi connectivity index (χ3v) is 2.15. The predicted octanol–water partition coefficient (Wildman–Crippen LogP) is 1.80. The van der Waals surface area contributed by atoms with Crippen LogP contribution in [0.15, 0.2) is 36.4 Å². The van der Waals surface area contributed by atoms with Crippen LogP contribution in [0.5, 0.6) is 0 Å². The molecule has 0 unspecified atom stereocenters. The van der Waals surface area contributed by atoms with E-state index in [1.165, 1.54) is 11.1 Å². The number of aliphatic hydroxyl groups is 1. The maximum absolute atomic E-state index is 8.86. The third kappa shape index (κ3) is 2.98. The summed E-state index contributed by atoms with van der Waals surface area (Å²) in [5.41, 5.74) is 8.03. The van der Waals surface area contributed by atoms with Gasteiger partial charge < -0.3 is 10.8 Å². The molecule has 0 aliphatic carbocycles. The van der Waals surface area contributed by atoms with Crippen LogP contribution in [0, 0.1) is 0 Å². The van der Waals surface area contributed by atoms with Crippen molar-refractivity contribution in [2.45, 2.75) is 19.4 Å². The number of hydrogen-bond acceptors (Lipinski definition) is 2. The van der Waals surface area contributed by atoms with E-state index in [9.17, 15) is 0 Å². The fourth-order valence-electron chi connectivity index (χ4n) is 1.38. The lowest BCUT2D eigenvalue weighted by molar-refractivity contribution is 0.284. The topological polar surface area (TPSA) is 46.2 Å². The van der Waals surface area contributed by atoms with Crippen LogP contribution < -0.4 is 5.73 Å². The SMILES string of the molecule is CC/C(=C\[C@H](N)CO)c1ccccc1. The zero-order valence-electron chi connectivity index (χ0n) is 8.48. The number of hydrogen-bond donors (Lipinski definition) is 2. The van der Waals surface area contributed by atoms with Gasteiger partial charge in [0.25, 0.3) is 0 Å². The molecule has 0 aliphatic heterocycles. The minimum atomic E-state index is -0.259. The monoisotopic (exact) mass is 191 g/mol. The zero-order chi connectivity index (χ0) is 10.4. The Morgan fingerprint density at radius 1 is 1.43 bits per heavy atom. The highest BCUT2D eigenvalue weighted by atomic mass is 16.3. The van der Waals surface area contributed by atoms with E-state index >= 15 is 0 Å². The molecule has 0 amide bonds. The Morgan fingerprint density at radius 2 is 2.07 bits per heavy atom. The molecule has 0 heterocycles. The Hall–Kier alpha value is -1.12. The molecule has 0 bridgehead atoms. The number of aliphatic hydroxyl groups excluding tert-OH is 1. The Morgan fingerprint density at radius 3 is 2.57 bits per heavy atom. The van der Waals surface area contributed by atoms with Gasteiger partial charge >= 0.3 is 0 Å². The molecule has 1 aromatic rings. The van der Waals surface area contributed by atoms with Gasteiger partial charge in [0.1, 0.15) is 0 Å². The molecule has 3 N–H and O–H groups in total. The first kappa shape index (κ1) is 11.0. The van der Waals surface area contributed by atoms with Gasteiger partial charge in [-0.05, 0) is 17.6 Å². The summed E-state index contributed by atoms with van der Waals surface area (Å²) in [4.78, 5) is 0. The number of rotatable bonds is 4. The van der Waals surface area contributed by atoms with Crippen LogP contribution in [-0.4, -0.2) is 17.8 Å². The molecule has 0 radical (unpaired) electrons. The largest absolute Gasteiger partial charge is 0.394 e. The highest BCUT2D eigenvalue weighted by molar-refractivity contribution is 5.65. The second kappa shape index (κ2) is 5.58. The third-order valence-electron chi connectivity index (χ3n) is 2.15. The summed E-state index contributed by atoms with van der Waals surface area (Å²) in [6.45, 7) is 2.08. The van der Waals surface area contributed by atoms with E-state index in [1.807, 2.05) is 24.3 Å². The molecule has 76 valence electrons. The van der Waals surface area contributed by atoms with Crippen LogP contribution in [0.3, 0.4) is 0 Å². The van der Waals surface area contributed by atoms with E-state index in [-0.39, 0.29) is 12.6 Å². The minimum absolute atomic E-state index is 0.00364. The Balaban J connectivity index is 2.87. The smallest absolute Gasteiger partial charge is 0.0618 e. The van der Waals surface area contributed by atoms with Crippen LogP contribution in [0.25, 0.3) is 5.57 Å². The zero-order valence-corrected chi connectivity index (χ0v) is 8.48. The quantitative estimate of drug-likeness (QED) is 0.762. The van der Waals surface area contributed by atoms with Gasteiger partial charge in [-0.15, -0.1) is 0 Å². The molecule has 1 rings (SSSR count). The fourth-order valence-corrected chi connectivity index (χ4v) is 1.38. The minimum Gasteiger partial charge on any atom is -0.394 e. The van der Waals surface area contributed by atoms with Crippen molar-refractivity contribution in [1.29, 1.82) is 0 Å². The van der Waals surface area contributed by atoms with Crippen molar-refractivity contribution in [2.75, 3.05) is 6.61 Å². The van der Waals surface area contributed by atoms with Crippen LogP contribution >= 0.6 is 0 Å². The molecule has 1 atom stereocenters. The number of allylic oxidation sites excluding steroid dienone is 1. The van der Waals surface area contributed by atoms with Crippen molar-refractivity contribution < 1.29 is 5.11 Å². The van der Waals surface area contributed by atoms with Crippen LogP contribution in [0.1, 0.15) is 18.9 Å². The normalized spacial score (nSPS) is 14.1. The molecule has 0 spiro atoms. The van der Waals surface area contributed by atoms with E-state index in [2.05, 4.69) is 19.1 Å². The summed E-state index contributed by atoms with van der Waals surface area (Å²) in [7, 11) is 0. The summed E-state index contributed by atoms with van der Waals surface area (Å²) in [5, 5.41) is 8.86. The lowest BCUT2D eigenvalue weighted by atomic mass is 10.0. The second-order valence-electron chi connectivity index (χ2n) is 3.26. The second-order valence-corrected chi connectivity index (χ2v) is 3.26. The van der Waals surface area contributed by atoms with Crippen molar-refractivity contribution in [3.05, 3.63) is 42.0 Å². The predicted molar refractivity (Wildman–Crippen MR) is 59.8 cm³/mol. The highest BCUT2D eigenvalue weighted by Gasteiger charge is 2.01. The van der Waals surface area contributed by atoms with E-state index < -0.39 is 0 Å². The molecule has 2 nitrogen and oxygen atoms in total. The summed E-state index contributed by atoms with van der Waals surface area (Å²) in [5.74, 6) is 0. The molecule has 0 aliphatic rings. The summed E-state index contributed by atoms with van der Waals surface area (Å²) in [6, 6.07) is 9.85. The number of benzene rings is 1. The Bertz CT molecular complexity index is 292. The van der Waals surface area contributed by atoms with Gasteiger partial charge in [-0.2, -0.15) is 0 Å². The first-order valence-electron chi connectivity index (χ1n) is 4.90. The molecule has 0 fully saturated rings.